The van der Waals surface area contributed by atoms with Gasteiger partial charge in [-0.05, 0) is 54.9 Å². The van der Waals surface area contributed by atoms with E-state index in [0.717, 1.165) is 36.4 Å². The molecule has 1 atom stereocenters. The van der Waals surface area contributed by atoms with Gasteiger partial charge in [-0.3, -0.25) is 9.69 Å². The molecule has 2 rings (SSSR count). The molecule has 1 fully saturated rings. The van der Waals surface area contributed by atoms with E-state index in [-0.39, 0.29) is 11.9 Å². The lowest BCUT2D eigenvalue weighted by Crippen LogP contribution is -2.45. The van der Waals surface area contributed by atoms with Crippen LogP contribution in [-0.4, -0.2) is 41.9 Å². The lowest BCUT2D eigenvalue weighted by molar-refractivity contribution is -0.136. The molecular weight excluding hydrogens is 320 g/mol. The van der Waals surface area contributed by atoms with E-state index < -0.39 is 0 Å². The van der Waals surface area contributed by atoms with Gasteiger partial charge < -0.3 is 9.32 Å². The van der Waals surface area contributed by atoms with Gasteiger partial charge >= 0.3 is 0 Å². The second-order valence-corrected chi connectivity index (χ2v) is 6.32. The number of halogens is 1. The van der Waals surface area contributed by atoms with Gasteiger partial charge in [-0.15, -0.1) is 0 Å². The molecule has 1 aromatic rings. The maximum atomic E-state index is 12.5. The molecule has 0 bridgehead atoms. The number of carbonyl (C=O) groups excluding carboxylic acids is 1. The first kappa shape index (κ1) is 15.6. The molecule has 20 heavy (non-hydrogen) atoms. The normalized spacial score (nSPS) is 18.1. The van der Waals surface area contributed by atoms with Gasteiger partial charge in [0.05, 0.1) is 12.6 Å². The van der Waals surface area contributed by atoms with Crippen molar-refractivity contribution in [2.24, 2.45) is 0 Å². The molecule has 0 saturated carbocycles. The number of hydrogen-bond acceptors (Lipinski definition) is 3. The van der Waals surface area contributed by atoms with Crippen molar-refractivity contribution in [2.45, 2.75) is 45.2 Å². The third-order valence-electron chi connectivity index (χ3n) is 3.97. The third-order valence-corrected chi connectivity index (χ3v) is 4.40. The Morgan fingerprint density at radius 1 is 1.35 bits per heavy atom. The highest BCUT2D eigenvalue weighted by Gasteiger charge is 2.24. The summed E-state index contributed by atoms with van der Waals surface area (Å²) in [5, 5.41) is 0. The standard InChI is InChI=1S/C15H23BrN2O2/c1-12(15(19)18-9-5-3-4-6-10-18)17(2)11-13-7-8-14(16)20-13/h7-8,12H,3-6,9-11H2,1-2H3. The Bertz CT molecular complexity index is 439. The smallest absolute Gasteiger partial charge is 0.239 e. The number of amides is 1. The average molecular weight is 343 g/mol. The van der Waals surface area contributed by atoms with Crippen LogP contribution in [0.1, 0.15) is 38.4 Å². The molecule has 112 valence electrons. The summed E-state index contributed by atoms with van der Waals surface area (Å²) in [4.78, 5) is 16.6. The Kier molecular flexibility index (Phi) is 5.66. The van der Waals surface area contributed by atoms with Gasteiger partial charge in [-0.25, -0.2) is 0 Å². The summed E-state index contributed by atoms with van der Waals surface area (Å²) in [6.07, 6.45) is 4.75. The molecule has 0 radical (unpaired) electrons. The van der Waals surface area contributed by atoms with Gasteiger partial charge in [-0.2, -0.15) is 0 Å². The van der Waals surface area contributed by atoms with Crippen LogP contribution in [0.3, 0.4) is 0 Å². The van der Waals surface area contributed by atoms with E-state index in [1.165, 1.54) is 12.8 Å². The van der Waals surface area contributed by atoms with E-state index in [9.17, 15) is 4.79 Å². The van der Waals surface area contributed by atoms with Gasteiger partial charge in [0, 0.05) is 13.1 Å². The van der Waals surface area contributed by atoms with Gasteiger partial charge in [0.2, 0.25) is 5.91 Å². The van der Waals surface area contributed by atoms with E-state index >= 15 is 0 Å². The number of carbonyl (C=O) groups is 1. The Morgan fingerprint density at radius 3 is 2.55 bits per heavy atom. The highest BCUT2D eigenvalue weighted by atomic mass is 79.9. The fourth-order valence-corrected chi connectivity index (χ4v) is 2.90. The predicted molar refractivity (Wildman–Crippen MR) is 82.4 cm³/mol. The van der Waals surface area contributed by atoms with Crippen LogP contribution in [0.2, 0.25) is 0 Å². The molecule has 1 aliphatic heterocycles. The number of likely N-dealkylation sites (tertiary alicyclic amines) is 1. The SMILES string of the molecule is CC(C(=O)N1CCCCCC1)N(C)Cc1ccc(Br)o1. The van der Waals surface area contributed by atoms with Crippen molar-refractivity contribution in [1.82, 2.24) is 9.80 Å². The zero-order chi connectivity index (χ0) is 14.5. The fraction of sp³-hybridized carbons (Fsp3) is 0.667. The van der Waals surface area contributed by atoms with Crippen LogP contribution in [0.15, 0.2) is 21.2 Å². The summed E-state index contributed by atoms with van der Waals surface area (Å²) in [5.41, 5.74) is 0. The van der Waals surface area contributed by atoms with Crippen molar-refractivity contribution in [3.8, 4) is 0 Å². The van der Waals surface area contributed by atoms with Crippen molar-refractivity contribution in [1.29, 1.82) is 0 Å². The van der Waals surface area contributed by atoms with Crippen LogP contribution in [-0.2, 0) is 11.3 Å². The summed E-state index contributed by atoms with van der Waals surface area (Å²) in [7, 11) is 1.97. The largest absolute Gasteiger partial charge is 0.453 e. The van der Waals surface area contributed by atoms with Crippen molar-refractivity contribution < 1.29 is 9.21 Å². The number of likely N-dealkylation sites (N-methyl/N-ethyl adjacent to an activating group) is 1. The molecule has 4 nitrogen and oxygen atoms in total. The molecule has 5 heteroatoms. The summed E-state index contributed by atoms with van der Waals surface area (Å²) in [6.45, 7) is 4.43. The van der Waals surface area contributed by atoms with Gasteiger partial charge in [0.1, 0.15) is 5.76 Å². The van der Waals surface area contributed by atoms with Crippen LogP contribution in [0.5, 0.6) is 0 Å². The zero-order valence-electron chi connectivity index (χ0n) is 12.3. The summed E-state index contributed by atoms with van der Waals surface area (Å²) in [5.74, 6) is 1.11. The van der Waals surface area contributed by atoms with Gasteiger partial charge in [0.25, 0.3) is 0 Å². The van der Waals surface area contributed by atoms with Crippen LogP contribution >= 0.6 is 15.9 Å². The van der Waals surface area contributed by atoms with Crippen LogP contribution in [0.4, 0.5) is 0 Å². The molecule has 0 aliphatic carbocycles. The summed E-state index contributed by atoms with van der Waals surface area (Å²) >= 11 is 3.30. The number of hydrogen-bond donors (Lipinski definition) is 0. The summed E-state index contributed by atoms with van der Waals surface area (Å²) in [6, 6.07) is 3.70. The third kappa shape index (κ3) is 4.09. The zero-order valence-corrected chi connectivity index (χ0v) is 13.9. The van der Waals surface area contributed by atoms with Crippen molar-refractivity contribution in [2.75, 3.05) is 20.1 Å². The first-order valence-corrected chi connectivity index (χ1v) is 8.10. The van der Waals surface area contributed by atoms with Crippen molar-refractivity contribution in [3.05, 3.63) is 22.6 Å². The van der Waals surface area contributed by atoms with Crippen molar-refractivity contribution in [3.63, 3.8) is 0 Å². The minimum atomic E-state index is -0.114. The van der Waals surface area contributed by atoms with E-state index in [1.54, 1.807) is 0 Å². The maximum Gasteiger partial charge on any atom is 0.239 e. The molecule has 1 unspecified atom stereocenters. The minimum absolute atomic E-state index is 0.114. The van der Waals surface area contributed by atoms with Crippen molar-refractivity contribution >= 4 is 21.8 Å². The monoisotopic (exact) mass is 342 g/mol. The quantitative estimate of drug-likeness (QED) is 0.842. The Hall–Kier alpha value is -0.810. The average Bonchev–Trinajstić information content (AvgIpc) is 2.69. The topological polar surface area (TPSA) is 36.7 Å². The molecule has 1 aliphatic rings. The van der Waals surface area contributed by atoms with Crippen LogP contribution < -0.4 is 0 Å². The second-order valence-electron chi connectivity index (χ2n) is 5.54. The Balaban J connectivity index is 1.91. The predicted octanol–water partition coefficient (Wildman–Crippen LogP) is 3.27. The Morgan fingerprint density at radius 2 is 2.00 bits per heavy atom. The summed E-state index contributed by atoms with van der Waals surface area (Å²) < 4.78 is 6.23. The second kappa shape index (κ2) is 7.27. The maximum absolute atomic E-state index is 12.5. The number of rotatable bonds is 4. The molecule has 2 heterocycles. The minimum Gasteiger partial charge on any atom is -0.453 e. The lowest BCUT2D eigenvalue weighted by atomic mass is 10.2. The molecule has 1 amide bonds. The highest BCUT2D eigenvalue weighted by molar-refractivity contribution is 9.10. The molecular formula is C15H23BrN2O2. The first-order chi connectivity index (χ1) is 9.58. The lowest BCUT2D eigenvalue weighted by Gasteiger charge is -2.29. The highest BCUT2D eigenvalue weighted by Crippen LogP contribution is 2.17. The van der Waals surface area contributed by atoms with E-state index in [0.29, 0.717) is 6.54 Å². The molecule has 1 aromatic heterocycles. The number of furan rings is 1. The first-order valence-electron chi connectivity index (χ1n) is 7.31. The van der Waals surface area contributed by atoms with Crippen LogP contribution in [0, 0.1) is 0 Å². The molecule has 0 aromatic carbocycles. The van der Waals surface area contributed by atoms with Crippen LogP contribution in [0.25, 0.3) is 0 Å². The molecule has 0 spiro atoms. The molecule has 1 saturated heterocycles. The van der Waals surface area contributed by atoms with Gasteiger partial charge in [-0.1, -0.05) is 12.8 Å². The fourth-order valence-electron chi connectivity index (χ4n) is 2.56. The number of nitrogens with zero attached hydrogens (tertiary/aromatic N) is 2. The van der Waals surface area contributed by atoms with E-state index in [4.69, 9.17) is 4.42 Å². The Labute approximate surface area is 129 Å². The molecule has 0 N–H and O–H groups in total. The van der Waals surface area contributed by atoms with E-state index in [1.807, 2.05) is 35.9 Å². The van der Waals surface area contributed by atoms with E-state index in [2.05, 4.69) is 15.9 Å². The van der Waals surface area contributed by atoms with Gasteiger partial charge in [0.15, 0.2) is 4.67 Å².